The van der Waals surface area contributed by atoms with Crippen molar-refractivity contribution < 1.29 is 4.79 Å². The average Bonchev–Trinajstić information content (AvgIpc) is 3.19. The van der Waals surface area contributed by atoms with Crippen LogP contribution in [0.2, 0.25) is 0 Å². The van der Waals surface area contributed by atoms with Crippen LogP contribution in [0.5, 0.6) is 0 Å². The van der Waals surface area contributed by atoms with Gasteiger partial charge in [-0.15, -0.1) is 0 Å². The Balaban J connectivity index is 1.40. The molecule has 34 heavy (non-hydrogen) atoms. The fraction of sp³-hybridized carbons (Fsp3) is 0.0690. The largest absolute Gasteiger partial charge is 0.399 e. The van der Waals surface area contributed by atoms with Crippen LogP contribution in [0.15, 0.2) is 103 Å². The lowest BCUT2D eigenvalue weighted by molar-refractivity contribution is -0.110. The molecule has 0 saturated heterocycles. The van der Waals surface area contributed by atoms with E-state index in [1.54, 1.807) is 6.07 Å². The van der Waals surface area contributed by atoms with Crippen LogP contribution in [0.3, 0.4) is 0 Å². The minimum absolute atomic E-state index is 0.145. The third-order valence-electron chi connectivity index (χ3n) is 5.83. The molecule has 0 aromatic heterocycles. The van der Waals surface area contributed by atoms with Gasteiger partial charge in [-0.25, -0.2) is 0 Å². The molecule has 0 unspecified atom stereocenters. The van der Waals surface area contributed by atoms with Crippen LogP contribution in [-0.4, -0.2) is 5.91 Å². The summed E-state index contributed by atoms with van der Waals surface area (Å²) in [7, 11) is 0. The molecule has 5 heteroatoms. The molecule has 168 valence electrons. The summed E-state index contributed by atoms with van der Waals surface area (Å²) in [5, 5.41) is 9.93. The Bertz CT molecular complexity index is 1330. The number of nitrogens with one attached hydrogen (secondary N) is 3. The summed E-state index contributed by atoms with van der Waals surface area (Å²) in [5.74, 6) is -0.145. The number of hydrogen-bond donors (Lipinski definition) is 4. The van der Waals surface area contributed by atoms with Gasteiger partial charge in [0.2, 0.25) is 0 Å². The van der Waals surface area contributed by atoms with Crippen LogP contribution in [0, 0.1) is 0 Å². The zero-order valence-electron chi connectivity index (χ0n) is 18.7. The summed E-state index contributed by atoms with van der Waals surface area (Å²) in [6.45, 7) is 1.60. The van der Waals surface area contributed by atoms with Crippen molar-refractivity contribution in [3.63, 3.8) is 0 Å². The quantitative estimate of drug-likeness (QED) is 0.224. The van der Waals surface area contributed by atoms with Gasteiger partial charge in [-0.2, -0.15) is 0 Å². The van der Waals surface area contributed by atoms with Crippen LogP contribution in [0.25, 0.3) is 11.3 Å². The van der Waals surface area contributed by atoms with Crippen LogP contribution < -0.4 is 21.7 Å². The highest BCUT2D eigenvalue weighted by Crippen LogP contribution is 2.38. The smallest absolute Gasteiger partial charge is 0.258 e. The molecule has 0 fully saturated rings. The monoisotopic (exact) mass is 446 g/mol. The van der Waals surface area contributed by atoms with Gasteiger partial charge in [0, 0.05) is 35.7 Å². The third-order valence-corrected chi connectivity index (χ3v) is 5.83. The minimum Gasteiger partial charge on any atom is -0.399 e. The van der Waals surface area contributed by atoms with Gasteiger partial charge in [0.1, 0.15) is 0 Å². The maximum atomic E-state index is 13.0. The molecule has 0 atom stereocenters. The van der Waals surface area contributed by atoms with Crippen molar-refractivity contribution in [1.82, 2.24) is 5.32 Å². The summed E-state index contributed by atoms with van der Waals surface area (Å²) in [6, 6.07) is 34.0. The van der Waals surface area contributed by atoms with Crippen LogP contribution in [-0.2, 0) is 17.9 Å². The van der Waals surface area contributed by atoms with Crippen molar-refractivity contribution in [2.24, 2.45) is 0 Å². The van der Waals surface area contributed by atoms with Gasteiger partial charge >= 0.3 is 0 Å². The molecule has 0 saturated carbocycles. The molecule has 4 aromatic carbocycles. The SMILES string of the molecule is Nc1ccc2c(c1)C(=C(Nc1ccc(CNCc3ccccc3)cc1)c1ccccc1)C(=O)N2. The third kappa shape index (κ3) is 4.70. The van der Waals surface area contributed by atoms with E-state index >= 15 is 0 Å². The molecule has 5 rings (SSSR count). The molecule has 0 aliphatic carbocycles. The molecular weight excluding hydrogens is 420 g/mol. The molecule has 5 N–H and O–H groups in total. The molecule has 1 heterocycles. The van der Waals surface area contributed by atoms with Gasteiger partial charge in [-0.05, 0) is 47.0 Å². The Kier molecular flexibility index (Phi) is 6.10. The lowest BCUT2D eigenvalue weighted by Gasteiger charge is -2.15. The second-order valence-corrected chi connectivity index (χ2v) is 8.29. The molecule has 4 aromatic rings. The Morgan fingerprint density at radius 3 is 2.12 bits per heavy atom. The van der Waals surface area contributed by atoms with E-state index < -0.39 is 0 Å². The highest BCUT2D eigenvalue weighted by atomic mass is 16.2. The van der Waals surface area contributed by atoms with Gasteiger partial charge in [0.15, 0.2) is 0 Å². The molecular formula is C29H26N4O. The van der Waals surface area contributed by atoms with Crippen molar-refractivity contribution >= 4 is 34.2 Å². The van der Waals surface area contributed by atoms with E-state index in [-0.39, 0.29) is 5.91 Å². The molecule has 1 aliphatic heterocycles. The number of carbonyl (C=O) groups is 1. The number of fused-ring (bicyclic) bond motifs is 1. The molecule has 0 bridgehead atoms. The van der Waals surface area contributed by atoms with Crippen molar-refractivity contribution in [3.05, 3.63) is 125 Å². The van der Waals surface area contributed by atoms with E-state index in [4.69, 9.17) is 5.73 Å². The van der Waals surface area contributed by atoms with E-state index in [1.165, 1.54) is 11.1 Å². The van der Waals surface area contributed by atoms with Crippen LogP contribution in [0.1, 0.15) is 22.3 Å². The summed E-state index contributed by atoms with van der Waals surface area (Å²) in [6.07, 6.45) is 0. The number of carbonyl (C=O) groups excluding carboxylic acids is 1. The van der Waals surface area contributed by atoms with Gasteiger partial charge in [-0.1, -0.05) is 72.8 Å². The molecule has 5 nitrogen and oxygen atoms in total. The minimum atomic E-state index is -0.145. The Labute approximate surface area is 199 Å². The van der Waals surface area contributed by atoms with Gasteiger partial charge in [0.25, 0.3) is 5.91 Å². The van der Waals surface area contributed by atoms with Crippen LogP contribution in [0.4, 0.5) is 17.1 Å². The standard InChI is InChI=1S/C29H26N4O/c30-23-13-16-26-25(17-23)27(29(34)33-26)28(22-9-5-2-6-10-22)32-24-14-11-21(12-15-24)19-31-18-20-7-3-1-4-8-20/h1-17,31-32H,18-19,30H2,(H,33,34). The fourth-order valence-corrected chi connectivity index (χ4v) is 4.11. The van der Waals surface area contributed by atoms with Crippen molar-refractivity contribution in [2.45, 2.75) is 13.1 Å². The number of benzene rings is 4. The number of hydrogen-bond acceptors (Lipinski definition) is 4. The molecule has 0 radical (unpaired) electrons. The highest BCUT2D eigenvalue weighted by Gasteiger charge is 2.28. The van der Waals surface area contributed by atoms with Gasteiger partial charge < -0.3 is 21.7 Å². The first-order valence-corrected chi connectivity index (χ1v) is 11.3. The van der Waals surface area contributed by atoms with Gasteiger partial charge in [-0.3, -0.25) is 4.79 Å². The van der Waals surface area contributed by atoms with E-state index in [2.05, 4.69) is 40.2 Å². The second-order valence-electron chi connectivity index (χ2n) is 8.29. The number of nitrogens with two attached hydrogens (primary N) is 1. The topological polar surface area (TPSA) is 79.2 Å². The maximum Gasteiger partial charge on any atom is 0.258 e. The predicted octanol–water partition coefficient (Wildman–Crippen LogP) is 5.49. The Morgan fingerprint density at radius 1 is 0.765 bits per heavy atom. The van der Waals surface area contributed by atoms with E-state index in [0.717, 1.165) is 41.3 Å². The van der Waals surface area contributed by atoms with Crippen molar-refractivity contribution in [2.75, 3.05) is 16.4 Å². The molecule has 1 aliphatic rings. The first kappa shape index (κ1) is 21.5. The summed E-state index contributed by atoms with van der Waals surface area (Å²) < 4.78 is 0. The normalized spacial score (nSPS) is 13.8. The highest BCUT2D eigenvalue weighted by molar-refractivity contribution is 6.37. The second kappa shape index (κ2) is 9.65. The number of amides is 1. The Morgan fingerprint density at radius 2 is 1.41 bits per heavy atom. The number of nitrogen functional groups attached to an aromatic ring is 1. The molecule has 0 spiro atoms. The van der Waals surface area contributed by atoms with E-state index in [9.17, 15) is 4.79 Å². The lowest BCUT2D eigenvalue weighted by Crippen LogP contribution is -2.12. The summed E-state index contributed by atoms with van der Waals surface area (Å²) >= 11 is 0. The lowest BCUT2D eigenvalue weighted by atomic mass is 9.99. The van der Waals surface area contributed by atoms with Crippen molar-refractivity contribution in [3.8, 4) is 0 Å². The number of anilines is 3. The van der Waals surface area contributed by atoms with Gasteiger partial charge in [0.05, 0.1) is 11.3 Å². The molecule has 1 amide bonds. The number of rotatable bonds is 7. The van der Waals surface area contributed by atoms with E-state index in [1.807, 2.05) is 72.8 Å². The zero-order valence-corrected chi connectivity index (χ0v) is 18.7. The Hall–Kier alpha value is -4.35. The first-order valence-electron chi connectivity index (χ1n) is 11.3. The van der Waals surface area contributed by atoms with E-state index in [0.29, 0.717) is 11.3 Å². The van der Waals surface area contributed by atoms with Crippen molar-refractivity contribution in [1.29, 1.82) is 0 Å². The summed E-state index contributed by atoms with van der Waals surface area (Å²) in [4.78, 5) is 13.0. The zero-order chi connectivity index (χ0) is 23.3. The predicted molar refractivity (Wildman–Crippen MR) is 140 cm³/mol. The maximum absolute atomic E-state index is 13.0. The average molecular weight is 447 g/mol. The first-order chi connectivity index (χ1) is 16.7. The van der Waals surface area contributed by atoms with Crippen LogP contribution >= 0.6 is 0 Å². The summed E-state index contributed by atoms with van der Waals surface area (Å²) in [5.41, 5.74) is 13.8. The fourth-order valence-electron chi connectivity index (χ4n) is 4.11.